The summed E-state index contributed by atoms with van der Waals surface area (Å²) in [6, 6.07) is 5.62. The van der Waals surface area contributed by atoms with Gasteiger partial charge in [-0.15, -0.1) is 0 Å². The van der Waals surface area contributed by atoms with E-state index in [1.807, 2.05) is 18.2 Å². The van der Waals surface area contributed by atoms with E-state index in [9.17, 15) is 9.59 Å². The monoisotopic (exact) mass is 413 g/mol. The van der Waals surface area contributed by atoms with E-state index in [4.69, 9.17) is 9.47 Å². The predicted molar refractivity (Wildman–Crippen MR) is 114 cm³/mol. The van der Waals surface area contributed by atoms with E-state index in [1.165, 1.54) is 13.8 Å². The Labute approximate surface area is 175 Å². The normalized spacial score (nSPS) is 15.0. The van der Waals surface area contributed by atoms with Crippen LogP contribution in [0.2, 0.25) is 0 Å². The van der Waals surface area contributed by atoms with Gasteiger partial charge in [-0.1, -0.05) is 0 Å². The maximum Gasteiger partial charge on any atom is 0.231 e. The van der Waals surface area contributed by atoms with Crippen molar-refractivity contribution in [3.8, 4) is 11.5 Å². The molecule has 160 valence electrons. The second-order valence-corrected chi connectivity index (χ2v) is 7.24. The molecule has 0 bridgehead atoms. The standard InChI is InChI=1S/C21H27N5O4/c1-12(27)23-20-16-9-14(5-7-17(16)25-21(26-20)24-13(2)28)11-22-18-10-15(29-3)6-8-19(18)30-4/h6,8,10,14,22H,5,7,9,11H2,1-4H3,(H2,23,24,25,26,27,28). The quantitative estimate of drug-likeness (QED) is 0.639. The average Bonchev–Trinajstić information content (AvgIpc) is 2.71. The van der Waals surface area contributed by atoms with Crippen LogP contribution in [0.15, 0.2) is 18.2 Å². The van der Waals surface area contributed by atoms with Gasteiger partial charge >= 0.3 is 0 Å². The van der Waals surface area contributed by atoms with Gasteiger partial charge in [-0.2, -0.15) is 4.98 Å². The van der Waals surface area contributed by atoms with E-state index in [2.05, 4.69) is 25.9 Å². The molecule has 9 heteroatoms. The lowest BCUT2D eigenvalue weighted by Gasteiger charge is -2.26. The third kappa shape index (κ3) is 5.16. The molecule has 3 N–H and O–H groups in total. The number of rotatable bonds is 7. The predicted octanol–water partition coefficient (Wildman–Crippen LogP) is 2.63. The van der Waals surface area contributed by atoms with Gasteiger partial charge in [0.1, 0.15) is 17.3 Å². The number of carbonyl (C=O) groups is 2. The molecule has 0 aliphatic heterocycles. The van der Waals surface area contributed by atoms with Crippen LogP contribution in [0.3, 0.4) is 0 Å². The number of nitrogens with one attached hydrogen (secondary N) is 3. The Morgan fingerprint density at radius 3 is 2.53 bits per heavy atom. The second-order valence-electron chi connectivity index (χ2n) is 7.24. The summed E-state index contributed by atoms with van der Waals surface area (Å²) < 4.78 is 10.7. The summed E-state index contributed by atoms with van der Waals surface area (Å²) >= 11 is 0. The van der Waals surface area contributed by atoms with Gasteiger partial charge < -0.3 is 20.1 Å². The number of amides is 2. The Morgan fingerprint density at radius 1 is 1.10 bits per heavy atom. The van der Waals surface area contributed by atoms with Crippen molar-refractivity contribution in [1.29, 1.82) is 0 Å². The van der Waals surface area contributed by atoms with E-state index in [0.717, 1.165) is 47.8 Å². The van der Waals surface area contributed by atoms with Crippen LogP contribution in [0.25, 0.3) is 0 Å². The van der Waals surface area contributed by atoms with Crippen molar-refractivity contribution >= 4 is 29.3 Å². The van der Waals surface area contributed by atoms with Crippen LogP contribution in [-0.2, 0) is 22.4 Å². The molecule has 2 amide bonds. The zero-order chi connectivity index (χ0) is 21.7. The molecule has 0 saturated carbocycles. The first-order valence-electron chi connectivity index (χ1n) is 9.80. The second kappa shape index (κ2) is 9.43. The summed E-state index contributed by atoms with van der Waals surface area (Å²) in [5.41, 5.74) is 2.63. The fourth-order valence-corrected chi connectivity index (χ4v) is 3.55. The number of carbonyl (C=O) groups excluding carboxylic acids is 2. The first kappa shape index (κ1) is 21.4. The van der Waals surface area contributed by atoms with Gasteiger partial charge in [0.05, 0.1) is 25.6 Å². The summed E-state index contributed by atoms with van der Waals surface area (Å²) in [4.78, 5) is 31.8. The Kier molecular flexibility index (Phi) is 6.71. The third-order valence-corrected chi connectivity index (χ3v) is 4.95. The largest absolute Gasteiger partial charge is 0.497 e. The number of aromatic nitrogens is 2. The number of hydrogen-bond donors (Lipinski definition) is 3. The summed E-state index contributed by atoms with van der Waals surface area (Å²) in [5, 5.41) is 8.82. The van der Waals surface area contributed by atoms with Crippen molar-refractivity contribution in [3.63, 3.8) is 0 Å². The molecule has 1 unspecified atom stereocenters. The number of ether oxygens (including phenoxy) is 2. The van der Waals surface area contributed by atoms with E-state index < -0.39 is 0 Å². The molecule has 0 saturated heterocycles. The van der Waals surface area contributed by atoms with Crippen LogP contribution in [0.1, 0.15) is 31.5 Å². The minimum atomic E-state index is -0.256. The molecule has 1 aromatic carbocycles. The van der Waals surface area contributed by atoms with Crippen molar-refractivity contribution in [2.24, 2.45) is 5.92 Å². The number of anilines is 3. The topological polar surface area (TPSA) is 114 Å². The third-order valence-electron chi connectivity index (χ3n) is 4.95. The summed E-state index contributed by atoms with van der Waals surface area (Å²) in [6.45, 7) is 3.55. The lowest BCUT2D eigenvalue weighted by Crippen LogP contribution is -2.26. The van der Waals surface area contributed by atoms with Gasteiger partial charge in [-0.25, -0.2) is 4.98 Å². The first-order valence-corrected chi connectivity index (χ1v) is 9.80. The van der Waals surface area contributed by atoms with E-state index >= 15 is 0 Å². The first-order chi connectivity index (χ1) is 14.4. The zero-order valence-corrected chi connectivity index (χ0v) is 17.7. The van der Waals surface area contributed by atoms with Crippen LogP contribution in [0.4, 0.5) is 17.5 Å². The molecule has 0 spiro atoms. The van der Waals surface area contributed by atoms with Crippen LogP contribution in [-0.4, -0.2) is 42.5 Å². The fraction of sp³-hybridized carbons (Fsp3) is 0.429. The SMILES string of the molecule is COc1ccc(OC)c(NCC2CCc3nc(NC(C)=O)nc(NC(C)=O)c3C2)c1. The zero-order valence-electron chi connectivity index (χ0n) is 17.7. The minimum absolute atomic E-state index is 0.211. The van der Waals surface area contributed by atoms with Crippen LogP contribution < -0.4 is 25.4 Å². The lowest BCUT2D eigenvalue weighted by atomic mass is 9.86. The smallest absolute Gasteiger partial charge is 0.231 e. The number of fused-ring (bicyclic) bond motifs is 1. The van der Waals surface area contributed by atoms with Crippen molar-refractivity contribution in [1.82, 2.24) is 9.97 Å². The summed E-state index contributed by atoms with van der Waals surface area (Å²) in [7, 11) is 3.26. The van der Waals surface area contributed by atoms with E-state index in [0.29, 0.717) is 18.2 Å². The van der Waals surface area contributed by atoms with E-state index in [-0.39, 0.29) is 17.8 Å². The highest BCUT2D eigenvalue weighted by Crippen LogP contribution is 2.32. The molecule has 9 nitrogen and oxygen atoms in total. The molecule has 1 aromatic heterocycles. The molecular weight excluding hydrogens is 386 g/mol. The molecular formula is C21H27N5O4. The highest BCUT2D eigenvalue weighted by Gasteiger charge is 2.25. The van der Waals surface area contributed by atoms with Crippen molar-refractivity contribution < 1.29 is 19.1 Å². The van der Waals surface area contributed by atoms with Gasteiger partial charge in [-0.05, 0) is 37.3 Å². The molecule has 3 rings (SSSR count). The molecule has 1 aliphatic rings. The molecule has 0 fully saturated rings. The summed E-state index contributed by atoms with van der Waals surface area (Å²) in [6.07, 6.45) is 2.37. The number of benzene rings is 1. The van der Waals surface area contributed by atoms with Crippen molar-refractivity contribution in [2.45, 2.75) is 33.1 Å². The molecule has 1 atom stereocenters. The number of nitrogens with zero attached hydrogens (tertiary/aromatic N) is 2. The Hall–Kier alpha value is -3.36. The molecule has 1 aliphatic carbocycles. The summed E-state index contributed by atoms with van der Waals surface area (Å²) in [5.74, 6) is 2.01. The maximum atomic E-state index is 11.7. The Balaban J connectivity index is 1.78. The van der Waals surface area contributed by atoms with E-state index in [1.54, 1.807) is 14.2 Å². The lowest BCUT2D eigenvalue weighted by molar-refractivity contribution is -0.115. The maximum absolute atomic E-state index is 11.7. The fourth-order valence-electron chi connectivity index (χ4n) is 3.55. The van der Waals surface area contributed by atoms with Crippen LogP contribution in [0.5, 0.6) is 11.5 Å². The highest BCUT2D eigenvalue weighted by atomic mass is 16.5. The van der Waals surface area contributed by atoms with Gasteiger partial charge in [-0.3, -0.25) is 14.9 Å². The van der Waals surface area contributed by atoms with Gasteiger partial charge in [0, 0.05) is 32.0 Å². The molecule has 1 heterocycles. The van der Waals surface area contributed by atoms with Crippen molar-refractivity contribution in [3.05, 3.63) is 29.5 Å². The Bertz CT molecular complexity index is 947. The average molecular weight is 413 g/mol. The minimum Gasteiger partial charge on any atom is -0.497 e. The van der Waals surface area contributed by atoms with Crippen LogP contribution >= 0.6 is 0 Å². The number of methoxy groups -OCH3 is 2. The van der Waals surface area contributed by atoms with Gasteiger partial charge in [0.2, 0.25) is 17.8 Å². The van der Waals surface area contributed by atoms with Crippen LogP contribution in [0, 0.1) is 5.92 Å². The molecule has 0 radical (unpaired) electrons. The van der Waals surface area contributed by atoms with Gasteiger partial charge in [0.25, 0.3) is 0 Å². The van der Waals surface area contributed by atoms with Gasteiger partial charge in [0.15, 0.2) is 0 Å². The highest BCUT2D eigenvalue weighted by molar-refractivity contribution is 5.90. The van der Waals surface area contributed by atoms with Crippen molar-refractivity contribution in [2.75, 3.05) is 36.7 Å². The number of hydrogen-bond acceptors (Lipinski definition) is 7. The molecule has 30 heavy (non-hydrogen) atoms. The Morgan fingerprint density at radius 2 is 1.87 bits per heavy atom. The molecule has 2 aromatic rings. The number of aryl methyl sites for hydroxylation is 1.